The van der Waals surface area contributed by atoms with Gasteiger partial charge in [-0.3, -0.25) is 14.4 Å². The highest BCUT2D eigenvalue weighted by Crippen LogP contribution is 2.34. The van der Waals surface area contributed by atoms with E-state index >= 15 is 0 Å². The number of aromatic nitrogens is 1. The summed E-state index contributed by atoms with van der Waals surface area (Å²) >= 11 is 0. The molecule has 5 rings (SSSR count). The molecular formula is C27H33N3O5. The monoisotopic (exact) mass is 479 g/mol. The van der Waals surface area contributed by atoms with Gasteiger partial charge >= 0.3 is 0 Å². The van der Waals surface area contributed by atoms with Gasteiger partial charge in [-0.1, -0.05) is 19.3 Å². The lowest BCUT2D eigenvalue weighted by atomic mass is 9.94. The third-order valence-electron chi connectivity index (χ3n) is 7.43. The van der Waals surface area contributed by atoms with E-state index in [-0.39, 0.29) is 35.0 Å². The highest BCUT2D eigenvalue weighted by Gasteiger charge is 2.30. The minimum atomic E-state index is -0.488. The molecule has 3 aliphatic rings. The molecule has 8 nitrogen and oxygen atoms in total. The van der Waals surface area contributed by atoms with Crippen LogP contribution in [-0.2, 0) is 13.0 Å². The fourth-order valence-corrected chi connectivity index (χ4v) is 5.22. The summed E-state index contributed by atoms with van der Waals surface area (Å²) < 4.78 is 12.8. The maximum Gasteiger partial charge on any atom is 0.259 e. The van der Waals surface area contributed by atoms with Gasteiger partial charge in [0.1, 0.15) is 11.1 Å². The lowest BCUT2D eigenvalue weighted by molar-refractivity contribution is 0.0731. The van der Waals surface area contributed by atoms with Crippen LogP contribution >= 0.6 is 0 Å². The maximum atomic E-state index is 13.7. The van der Waals surface area contributed by atoms with Gasteiger partial charge < -0.3 is 24.3 Å². The average molecular weight is 480 g/mol. The van der Waals surface area contributed by atoms with Gasteiger partial charge in [-0.25, -0.2) is 0 Å². The van der Waals surface area contributed by atoms with Gasteiger partial charge in [0.15, 0.2) is 11.5 Å². The Morgan fingerprint density at radius 3 is 2.23 bits per heavy atom. The number of methoxy groups -OCH3 is 2. The number of amides is 2. The smallest absolute Gasteiger partial charge is 0.259 e. The number of benzene rings is 1. The van der Waals surface area contributed by atoms with Crippen molar-refractivity contribution in [3.8, 4) is 11.5 Å². The van der Waals surface area contributed by atoms with Crippen molar-refractivity contribution in [3.63, 3.8) is 0 Å². The minimum absolute atomic E-state index is 0.0668. The second kappa shape index (κ2) is 9.76. The number of ether oxygens (including phenoxy) is 2. The van der Waals surface area contributed by atoms with Gasteiger partial charge in [0.25, 0.3) is 11.8 Å². The summed E-state index contributed by atoms with van der Waals surface area (Å²) in [6.07, 6.45) is 11.2. The first-order valence-electron chi connectivity index (χ1n) is 12.6. The Hall–Kier alpha value is -3.29. The predicted octanol–water partition coefficient (Wildman–Crippen LogP) is 3.46. The van der Waals surface area contributed by atoms with Gasteiger partial charge in [0, 0.05) is 37.6 Å². The summed E-state index contributed by atoms with van der Waals surface area (Å²) in [5, 5.41) is 2.92. The van der Waals surface area contributed by atoms with Crippen molar-refractivity contribution in [3.05, 3.63) is 57.0 Å². The van der Waals surface area contributed by atoms with Crippen molar-refractivity contribution in [2.45, 2.75) is 70.0 Å². The fraction of sp³-hybridized carbons (Fsp3) is 0.519. The Bertz CT molecular complexity index is 1190. The molecule has 0 atom stereocenters. The summed E-state index contributed by atoms with van der Waals surface area (Å²) in [7, 11) is 3.19. The topological polar surface area (TPSA) is 89.9 Å². The van der Waals surface area contributed by atoms with Gasteiger partial charge in [-0.15, -0.1) is 0 Å². The summed E-state index contributed by atoms with van der Waals surface area (Å²) in [4.78, 5) is 41.7. The van der Waals surface area contributed by atoms with Gasteiger partial charge in [-0.2, -0.15) is 0 Å². The van der Waals surface area contributed by atoms with Crippen LogP contribution in [0, 0.1) is 0 Å². The van der Waals surface area contributed by atoms with E-state index in [4.69, 9.17) is 9.47 Å². The number of pyridine rings is 1. The van der Waals surface area contributed by atoms with E-state index in [0.29, 0.717) is 31.0 Å². The normalized spacial score (nSPS) is 18.1. The first-order valence-corrected chi connectivity index (χ1v) is 12.6. The fourth-order valence-electron chi connectivity index (χ4n) is 5.22. The number of carbonyl (C=O) groups is 2. The zero-order chi connectivity index (χ0) is 24.5. The second-order valence-electron chi connectivity index (χ2n) is 9.85. The van der Waals surface area contributed by atoms with Crippen LogP contribution in [0.5, 0.6) is 11.5 Å². The molecule has 0 saturated heterocycles. The Morgan fingerprint density at radius 1 is 0.914 bits per heavy atom. The molecule has 2 aliphatic carbocycles. The van der Waals surface area contributed by atoms with E-state index in [1.54, 1.807) is 31.5 Å². The van der Waals surface area contributed by atoms with Crippen LogP contribution < -0.4 is 20.2 Å². The van der Waals surface area contributed by atoms with Crippen LogP contribution in [0.4, 0.5) is 0 Å². The number of hydrogen-bond acceptors (Lipinski definition) is 5. The molecule has 35 heavy (non-hydrogen) atoms. The third-order valence-corrected chi connectivity index (χ3v) is 7.43. The lowest BCUT2D eigenvalue weighted by Gasteiger charge is -2.30. The SMILES string of the molecule is COc1cc2c(cc1OC)CN(C(=O)c1cn(C3CCCCC3)cc(C(=O)NC3CC3)c1=O)CC2. The molecule has 0 radical (unpaired) electrons. The molecule has 2 aromatic rings. The second-order valence-corrected chi connectivity index (χ2v) is 9.85. The van der Waals surface area contributed by atoms with E-state index < -0.39 is 5.43 Å². The van der Waals surface area contributed by atoms with E-state index in [1.165, 1.54) is 6.42 Å². The van der Waals surface area contributed by atoms with Crippen molar-refractivity contribution >= 4 is 11.8 Å². The minimum Gasteiger partial charge on any atom is -0.493 e. The number of hydrogen-bond donors (Lipinski definition) is 1. The molecule has 1 N–H and O–H groups in total. The quantitative estimate of drug-likeness (QED) is 0.685. The Balaban J connectivity index is 1.47. The lowest BCUT2D eigenvalue weighted by Crippen LogP contribution is -2.40. The summed E-state index contributed by atoms with van der Waals surface area (Å²) in [5.41, 5.74) is 1.72. The Labute approximate surface area is 205 Å². The zero-order valence-electron chi connectivity index (χ0n) is 20.5. The molecule has 8 heteroatoms. The number of fused-ring (bicyclic) bond motifs is 1. The Kier molecular flexibility index (Phi) is 6.54. The average Bonchev–Trinajstić information content (AvgIpc) is 3.71. The number of carbonyl (C=O) groups excluding carboxylic acids is 2. The highest BCUT2D eigenvalue weighted by molar-refractivity contribution is 5.99. The van der Waals surface area contributed by atoms with Crippen LogP contribution in [0.1, 0.15) is 82.8 Å². The maximum absolute atomic E-state index is 13.7. The highest BCUT2D eigenvalue weighted by atomic mass is 16.5. The largest absolute Gasteiger partial charge is 0.493 e. The van der Waals surface area contributed by atoms with Crippen molar-refractivity contribution in [1.82, 2.24) is 14.8 Å². The summed E-state index contributed by atoms with van der Waals surface area (Å²) in [5.74, 6) is 0.563. The van der Waals surface area contributed by atoms with Crippen molar-refractivity contribution < 1.29 is 19.1 Å². The standard InChI is InChI=1S/C27H33N3O5/c1-34-23-12-17-10-11-29(14-18(17)13-24(23)35-2)27(33)22-16-30(20-6-4-3-5-7-20)15-21(25(22)31)26(32)28-19-8-9-19/h12-13,15-16,19-20H,3-11,14H2,1-2H3,(H,28,32). The Morgan fingerprint density at radius 2 is 1.57 bits per heavy atom. The molecule has 2 heterocycles. The molecule has 1 aromatic heterocycles. The molecule has 1 aliphatic heterocycles. The molecule has 2 amide bonds. The molecule has 186 valence electrons. The molecular weight excluding hydrogens is 446 g/mol. The first kappa shape index (κ1) is 23.5. The van der Waals surface area contributed by atoms with Crippen LogP contribution in [-0.4, -0.2) is 48.1 Å². The molecule has 2 fully saturated rings. The molecule has 0 unspecified atom stereocenters. The molecule has 1 aromatic carbocycles. The van der Waals surface area contributed by atoms with Crippen LogP contribution in [0.2, 0.25) is 0 Å². The van der Waals surface area contributed by atoms with E-state index in [0.717, 1.165) is 49.7 Å². The van der Waals surface area contributed by atoms with Crippen LogP contribution in [0.3, 0.4) is 0 Å². The van der Waals surface area contributed by atoms with E-state index in [9.17, 15) is 14.4 Å². The molecule has 0 spiro atoms. The van der Waals surface area contributed by atoms with Gasteiger partial charge in [0.2, 0.25) is 5.43 Å². The van der Waals surface area contributed by atoms with Gasteiger partial charge in [0.05, 0.1) is 14.2 Å². The van der Waals surface area contributed by atoms with Crippen molar-refractivity contribution in [1.29, 1.82) is 0 Å². The number of nitrogens with one attached hydrogen (secondary N) is 1. The van der Waals surface area contributed by atoms with E-state index in [1.807, 2.05) is 16.7 Å². The van der Waals surface area contributed by atoms with Crippen molar-refractivity contribution in [2.75, 3.05) is 20.8 Å². The first-order chi connectivity index (χ1) is 17.0. The van der Waals surface area contributed by atoms with Crippen molar-refractivity contribution in [2.24, 2.45) is 0 Å². The van der Waals surface area contributed by atoms with Crippen LogP contribution in [0.25, 0.3) is 0 Å². The zero-order valence-corrected chi connectivity index (χ0v) is 20.5. The van der Waals surface area contributed by atoms with E-state index in [2.05, 4.69) is 5.32 Å². The van der Waals surface area contributed by atoms with Crippen LogP contribution in [0.15, 0.2) is 29.3 Å². The summed E-state index contributed by atoms with van der Waals surface area (Å²) in [6.45, 7) is 0.860. The number of rotatable bonds is 6. The predicted molar refractivity (Wildman–Crippen MR) is 131 cm³/mol. The molecule has 0 bridgehead atoms. The third kappa shape index (κ3) is 4.79. The molecule has 2 saturated carbocycles. The van der Waals surface area contributed by atoms with Gasteiger partial charge in [-0.05, 0) is 55.4 Å². The number of nitrogens with zero attached hydrogens (tertiary/aromatic N) is 2. The summed E-state index contributed by atoms with van der Waals surface area (Å²) in [6, 6.07) is 4.18.